The highest BCUT2D eigenvalue weighted by molar-refractivity contribution is 6.39. The van der Waals surface area contributed by atoms with E-state index in [1.807, 2.05) is 0 Å². The molecule has 0 unspecified atom stereocenters. The molecule has 0 saturated carbocycles. The van der Waals surface area contributed by atoms with Crippen molar-refractivity contribution in [2.24, 2.45) is 0 Å². The number of benzene rings is 12. The Morgan fingerprint density at radius 3 is 1.32 bits per heavy atom. The van der Waals surface area contributed by atoms with Crippen molar-refractivity contribution in [3.05, 3.63) is 206 Å². The molecule has 0 bridgehead atoms. The normalized spacial score (nSPS) is 12.1. The minimum Gasteiger partial charge on any atom is -0.456 e. The van der Waals surface area contributed by atoms with Gasteiger partial charge in [0.1, 0.15) is 11.2 Å². The quantitative estimate of drug-likeness (QED) is 0.164. The molecule has 1 aromatic heterocycles. The molecule has 272 valence electrons. The molecule has 0 radical (unpaired) electrons. The van der Waals surface area contributed by atoms with E-state index in [2.05, 4.69) is 206 Å². The Kier molecular flexibility index (Phi) is 6.79. The van der Waals surface area contributed by atoms with Gasteiger partial charge in [-0.25, -0.2) is 0 Å². The summed E-state index contributed by atoms with van der Waals surface area (Å²) in [5, 5.41) is 20.1. The van der Waals surface area contributed by atoms with E-state index in [1.165, 1.54) is 109 Å². The fourth-order valence-electron chi connectivity index (χ4n) is 10.1. The van der Waals surface area contributed by atoms with Gasteiger partial charge in [0.2, 0.25) is 0 Å². The molecule has 59 heavy (non-hydrogen) atoms. The van der Waals surface area contributed by atoms with Gasteiger partial charge in [-0.2, -0.15) is 0 Å². The van der Waals surface area contributed by atoms with Crippen LogP contribution in [0.15, 0.2) is 211 Å². The summed E-state index contributed by atoms with van der Waals surface area (Å²) in [4.78, 5) is 0. The summed E-state index contributed by atoms with van der Waals surface area (Å²) < 4.78 is 6.37. The first-order chi connectivity index (χ1) is 29.2. The SMILES string of the molecule is c1ccc(-c2ccc3c(c2)c2ccccc2c2c4ccc(-c5cccc6c(-c7ccc8oc9cc%10ccccc%10cc9c8c7)cccc56)cc4c4ccccc4c32)cc1. The van der Waals surface area contributed by atoms with Crippen molar-refractivity contribution in [1.82, 2.24) is 0 Å². The third kappa shape index (κ3) is 4.79. The fraction of sp³-hybridized carbons (Fsp3) is 0. The van der Waals surface area contributed by atoms with Crippen LogP contribution in [0.2, 0.25) is 0 Å². The zero-order valence-electron chi connectivity index (χ0n) is 32.0. The van der Waals surface area contributed by atoms with Crippen LogP contribution in [0.5, 0.6) is 0 Å². The molecule has 0 aliphatic rings. The third-order valence-electron chi connectivity index (χ3n) is 12.8. The van der Waals surface area contributed by atoms with Crippen molar-refractivity contribution in [3.8, 4) is 33.4 Å². The second-order valence-corrected chi connectivity index (χ2v) is 15.9. The average Bonchev–Trinajstić information content (AvgIpc) is 3.66. The number of fused-ring (bicyclic) bond motifs is 16. The van der Waals surface area contributed by atoms with Crippen LogP contribution in [0.1, 0.15) is 0 Å². The minimum absolute atomic E-state index is 0.911. The van der Waals surface area contributed by atoms with E-state index in [0.29, 0.717) is 0 Å². The molecule has 0 amide bonds. The van der Waals surface area contributed by atoms with Crippen molar-refractivity contribution < 1.29 is 4.42 Å². The summed E-state index contributed by atoms with van der Waals surface area (Å²) in [6.07, 6.45) is 0. The van der Waals surface area contributed by atoms with Crippen LogP contribution in [0.25, 0.3) is 131 Å². The number of rotatable bonds is 3. The van der Waals surface area contributed by atoms with Crippen LogP contribution in [0, 0.1) is 0 Å². The van der Waals surface area contributed by atoms with Gasteiger partial charge in [-0.3, -0.25) is 0 Å². The van der Waals surface area contributed by atoms with Gasteiger partial charge in [-0.1, -0.05) is 170 Å². The molecule has 0 spiro atoms. The topological polar surface area (TPSA) is 13.1 Å². The molecule has 0 atom stereocenters. The Labute approximate surface area is 340 Å². The fourth-order valence-corrected chi connectivity index (χ4v) is 10.1. The maximum Gasteiger partial charge on any atom is 0.136 e. The third-order valence-corrected chi connectivity index (χ3v) is 12.8. The molecular formula is C58H34O. The summed E-state index contributed by atoms with van der Waals surface area (Å²) in [5.41, 5.74) is 9.14. The van der Waals surface area contributed by atoms with Gasteiger partial charge in [0.25, 0.3) is 0 Å². The zero-order valence-corrected chi connectivity index (χ0v) is 32.0. The van der Waals surface area contributed by atoms with Crippen molar-refractivity contribution in [2.75, 3.05) is 0 Å². The van der Waals surface area contributed by atoms with E-state index in [1.54, 1.807) is 0 Å². The van der Waals surface area contributed by atoms with Gasteiger partial charge in [0, 0.05) is 10.8 Å². The van der Waals surface area contributed by atoms with Crippen molar-refractivity contribution in [2.45, 2.75) is 0 Å². The Balaban J connectivity index is 1.02. The predicted octanol–water partition coefficient (Wildman–Crippen LogP) is 16.7. The maximum atomic E-state index is 6.37. The zero-order chi connectivity index (χ0) is 38.6. The lowest BCUT2D eigenvalue weighted by Gasteiger charge is -2.18. The summed E-state index contributed by atoms with van der Waals surface area (Å²) in [7, 11) is 0. The maximum absolute atomic E-state index is 6.37. The van der Waals surface area contributed by atoms with E-state index in [-0.39, 0.29) is 0 Å². The number of hydrogen-bond acceptors (Lipinski definition) is 1. The van der Waals surface area contributed by atoms with E-state index in [0.717, 1.165) is 21.9 Å². The molecule has 0 saturated heterocycles. The molecule has 0 aliphatic carbocycles. The first-order valence-corrected chi connectivity index (χ1v) is 20.4. The van der Waals surface area contributed by atoms with Crippen LogP contribution in [-0.2, 0) is 0 Å². The molecule has 12 aromatic carbocycles. The van der Waals surface area contributed by atoms with Gasteiger partial charge in [0.15, 0.2) is 0 Å². The highest BCUT2D eigenvalue weighted by Crippen LogP contribution is 2.46. The summed E-state index contributed by atoms with van der Waals surface area (Å²) in [6, 6.07) is 75.9. The summed E-state index contributed by atoms with van der Waals surface area (Å²) in [5.74, 6) is 0. The Morgan fingerprint density at radius 1 is 0.220 bits per heavy atom. The van der Waals surface area contributed by atoms with E-state index < -0.39 is 0 Å². The molecule has 1 heteroatoms. The van der Waals surface area contributed by atoms with Crippen molar-refractivity contribution in [3.63, 3.8) is 0 Å². The standard InChI is InChI=1S/C58H34O/c1-2-12-35(13-3-1)38-24-27-49-51(30-38)45-16-6-8-18-47(45)58-50-28-25-39(32-52(50)46-17-7-9-19-48(46)57(49)58)41-20-10-23-44-42(21-11-22-43(41)44)40-26-29-55-53(33-40)54-31-36-14-4-5-15-37(36)34-56(54)59-55/h1-34H. The monoisotopic (exact) mass is 746 g/mol. The first kappa shape index (κ1) is 32.4. The van der Waals surface area contributed by atoms with Gasteiger partial charge >= 0.3 is 0 Å². The second kappa shape index (κ2) is 12.4. The lowest BCUT2D eigenvalue weighted by molar-refractivity contribution is 0.669. The molecule has 0 aliphatic heterocycles. The number of hydrogen-bond donors (Lipinski definition) is 0. The lowest BCUT2D eigenvalue weighted by atomic mass is 9.85. The summed E-state index contributed by atoms with van der Waals surface area (Å²) in [6.45, 7) is 0. The highest BCUT2D eigenvalue weighted by atomic mass is 16.3. The second-order valence-electron chi connectivity index (χ2n) is 15.9. The average molecular weight is 747 g/mol. The molecule has 13 aromatic rings. The van der Waals surface area contributed by atoms with Gasteiger partial charge in [-0.15, -0.1) is 0 Å². The van der Waals surface area contributed by atoms with Crippen LogP contribution in [-0.4, -0.2) is 0 Å². The molecular weight excluding hydrogens is 713 g/mol. The lowest BCUT2D eigenvalue weighted by Crippen LogP contribution is -1.90. The molecule has 0 N–H and O–H groups in total. The molecule has 13 rings (SSSR count). The van der Waals surface area contributed by atoms with E-state index in [9.17, 15) is 0 Å². The van der Waals surface area contributed by atoms with Crippen molar-refractivity contribution >= 4 is 97.3 Å². The highest BCUT2D eigenvalue weighted by Gasteiger charge is 2.18. The molecule has 0 fully saturated rings. The first-order valence-electron chi connectivity index (χ1n) is 20.4. The smallest absolute Gasteiger partial charge is 0.136 e. The van der Waals surface area contributed by atoms with Crippen molar-refractivity contribution in [1.29, 1.82) is 0 Å². The van der Waals surface area contributed by atoms with E-state index in [4.69, 9.17) is 4.42 Å². The van der Waals surface area contributed by atoms with Crippen LogP contribution in [0.3, 0.4) is 0 Å². The Morgan fingerprint density at radius 2 is 0.678 bits per heavy atom. The molecule has 1 heterocycles. The van der Waals surface area contributed by atoms with Gasteiger partial charge in [-0.05, 0) is 145 Å². The predicted molar refractivity (Wildman–Crippen MR) is 253 cm³/mol. The van der Waals surface area contributed by atoms with Gasteiger partial charge < -0.3 is 4.42 Å². The van der Waals surface area contributed by atoms with Crippen LogP contribution >= 0.6 is 0 Å². The van der Waals surface area contributed by atoms with Crippen LogP contribution in [0.4, 0.5) is 0 Å². The summed E-state index contributed by atoms with van der Waals surface area (Å²) >= 11 is 0. The van der Waals surface area contributed by atoms with Gasteiger partial charge in [0.05, 0.1) is 0 Å². The molecule has 1 nitrogen and oxygen atoms in total. The Bertz CT molecular complexity index is 3890. The van der Waals surface area contributed by atoms with Crippen LogP contribution < -0.4 is 0 Å². The number of furan rings is 1. The van der Waals surface area contributed by atoms with E-state index >= 15 is 0 Å². The minimum atomic E-state index is 0.911. The Hall–Kier alpha value is -7.74. The largest absolute Gasteiger partial charge is 0.456 e.